The summed E-state index contributed by atoms with van der Waals surface area (Å²) in [6.07, 6.45) is -7.62. The van der Waals surface area contributed by atoms with E-state index in [9.17, 15) is 37.4 Å². The molecule has 1 heterocycles. The maximum absolute atomic E-state index is 13.0. The number of ether oxygens (including phenoxy) is 2. The molecule has 1 aliphatic heterocycles. The second kappa shape index (κ2) is 5.16. The van der Waals surface area contributed by atoms with Gasteiger partial charge in [0.25, 0.3) is 0 Å². The van der Waals surface area contributed by atoms with Crippen molar-refractivity contribution in [3.05, 3.63) is 29.3 Å². The second-order valence-electron chi connectivity index (χ2n) is 4.85. The molecule has 0 aromatic heterocycles. The van der Waals surface area contributed by atoms with Gasteiger partial charge in [0.05, 0.1) is 5.57 Å². The Morgan fingerprint density at radius 3 is 2.28 bits per heavy atom. The van der Waals surface area contributed by atoms with Crippen LogP contribution in [0.25, 0.3) is 6.08 Å². The number of benzene rings is 1. The Hall–Kier alpha value is -1.69. The van der Waals surface area contributed by atoms with Crippen molar-refractivity contribution in [2.24, 2.45) is 0 Å². The number of hydrogen-bond acceptors (Lipinski definition) is 3. The van der Waals surface area contributed by atoms with Crippen LogP contribution >= 0.6 is 21.8 Å². The zero-order valence-electron chi connectivity index (χ0n) is 11.6. The summed E-state index contributed by atoms with van der Waals surface area (Å²) >= 11 is 5.06. The zero-order valence-corrected chi connectivity index (χ0v) is 13.2. The molecule has 1 atom stereocenters. The Kier molecular flexibility index (Phi) is 4.05. The van der Waals surface area contributed by atoms with E-state index in [0.717, 1.165) is 0 Å². The van der Waals surface area contributed by atoms with E-state index in [-0.39, 0.29) is 12.1 Å². The third kappa shape index (κ3) is 4.29. The molecule has 142 valence electrons. The Morgan fingerprint density at radius 2 is 1.80 bits per heavy atom. The highest BCUT2D eigenvalue weighted by Gasteiger charge is 2.65. The molecule has 0 radical (unpaired) electrons. The predicted molar refractivity (Wildman–Crippen MR) is 73.1 cm³/mol. The molecular weight excluding hydrogens is 412 g/mol. The minimum absolute atomic E-state index is 0.0935. The van der Waals surface area contributed by atoms with Crippen molar-refractivity contribution < 1.29 is 46.9 Å². The van der Waals surface area contributed by atoms with E-state index >= 15 is 0 Å². The summed E-state index contributed by atoms with van der Waals surface area (Å²) in [6.45, 7) is 0. The number of esters is 1. The van der Waals surface area contributed by atoms with Crippen LogP contribution in [-0.4, -0.2) is 24.3 Å². The number of fused-ring (bicyclic) bond motifs is 1. The van der Waals surface area contributed by atoms with Crippen molar-refractivity contribution in [2.45, 2.75) is 17.2 Å². The molecule has 1 aliphatic rings. The molecule has 0 bridgehead atoms. The molecule has 0 amide bonds. The van der Waals surface area contributed by atoms with Gasteiger partial charge < -0.3 is 9.47 Å². The lowest BCUT2D eigenvalue weighted by Gasteiger charge is -2.41. The van der Waals surface area contributed by atoms with Crippen molar-refractivity contribution in [3.8, 4) is 5.75 Å². The number of halogens is 9. The number of carbonyl (C=O) groups is 1. The molecule has 3 nitrogen and oxygen atoms in total. The number of carbonyl (C=O) groups excluding carboxylic acids is 1. The molecule has 0 fully saturated rings. The van der Waals surface area contributed by atoms with Gasteiger partial charge >= 0.3 is 22.4 Å². The summed E-state index contributed by atoms with van der Waals surface area (Å²) in [4.78, 5) is 9.22. The lowest BCUT2D eigenvalue weighted by atomic mass is 10.0. The van der Waals surface area contributed by atoms with Gasteiger partial charge in [0, 0.05) is 5.56 Å². The first kappa shape index (κ1) is 19.6. The van der Waals surface area contributed by atoms with Crippen molar-refractivity contribution in [1.29, 1.82) is 0 Å². The van der Waals surface area contributed by atoms with Crippen LogP contribution in [0, 0.1) is 0 Å². The molecule has 13 heteroatoms. The highest BCUT2D eigenvalue weighted by atomic mass is 35.5. The van der Waals surface area contributed by atoms with Gasteiger partial charge in [-0.05, 0) is 24.3 Å². The van der Waals surface area contributed by atoms with Gasteiger partial charge in [0.15, 0.2) is 6.07 Å². The van der Waals surface area contributed by atoms with Gasteiger partial charge in [-0.25, -0.2) is 4.79 Å². The van der Waals surface area contributed by atoms with E-state index in [1.165, 1.54) is 0 Å². The highest BCUT2D eigenvalue weighted by Crippen LogP contribution is 3.02. The Morgan fingerprint density at radius 1 is 1.20 bits per heavy atom. The summed E-state index contributed by atoms with van der Waals surface area (Å²) in [6, 6.07) is -0.707. The van der Waals surface area contributed by atoms with E-state index < -0.39 is 56.3 Å². The van der Waals surface area contributed by atoms with E-state index in [4.69, 9.17) is 11.6 Å². The third-order valence-corrected chi connectivity index (χ3v) is 4.24. The van der Waals surface area contributed by atoms with Gasteiger partial charge in [-0.1, -0.05) is 31.0 Å². The minimum atomic E-state index is -10.1. The van der Waals surface area contributed by atoms with Crippen LogP contribution in [0.2, 0.25) is 0 Å². The van der Waals surface area contributed by atoms with E-state index in [1.54, 1.807) is 0 Å². The molecule has 0 N–H and O–H groups in total. The molecule has 1 unspecified atom stereocenters. The fraction of sp³-hybridized carbons (Fsp3) is 0.250. The Bertz CT molecular complexity index is 756. The molecule has 1 aromatic rings. The number of rotatable bonds is 3. The van der Waals surface area contributed by atoms with Gasteiger partial charge in [-0.2, -0.15) is 13.2 Å². The van der Waals surface area contributed by atoms with Crippen LogP contribution < -0.4 is 4.74 Å². The van der Waals surface area contributed by atoms with Gasteiger partial charge in [0.1, 0.15) is 10.6 Å². The quantitative estimate of drug-likeness (QED) is 0.354. The van der Waals surface area contributed by atoms with Crippen LogP contribution in [0.5, 0.6) is 5.75 Å². The van der Waals surface area contributed by atoms with Crippen LogP contribution in [0.1, 0.15) is 5.56 Å². The first-order valence-electron chi connectivity index (χ1n) is 6.09. The Labute approximate surface area is 139 Å². The van der Waals surface area contributed by atoms with Gasteiger partial charge in [-0.15, -0.1) is 0 Å². The summed E-state index contributed by atoms with van der Waals surface area (Å²) in [5.41, 5.74) is -2.01. The maximum Gasteiger partial charge on any atom is 0.430 e. The largest absolute Gasteiger partial charge is 0.475 e. The molecule has 2 rings (SSSR count). The summed E-state index contributed by atoms with van der Waals surface area (Å²) in [5.74, 6) is -2.36. The van der Waals surface area contributed by atoms with Crippen molar-refractivity contribution in [1.82, 2.24) is 0 Å². The average Bonchev–Trinajstić information content (AvgIpc) is 2.42. The lowest BCUT2D eigenvalue weighted by molar-refractivity contribution is -0.187. The van der Waals surface area contributed by atoms with E-state index in [2.05, 4.69) is 9.47 Å². The second-order valence-corrected chi connectivity index (χ2v) is 7.48. The molecule has 0 saturated heterocycles. The average molecular weight is 419 g/mol. The van der Waals surface area contributed by atoms with Crippen LogP contribution in [0.3, 0.4) is 0 Å². The normalized spacial score (nSPS) is 20.5. The predicted octanol–water partition coefficient (Wildman–Crippen LogP) is 5.79. The molecule has 25 heavy (non-hydrogen) atoms. The molecular formula is C12H7ClF8O3S. The summed E-state index contributed by atoms with van der Waals surface area (Å²) < 4.78 is 112. The first-order valence-corrected chi connectivity index (χ1v) is 8.58. The monoisotopic (exact) mass is 418 g/mol. The van der Waals surface area contributed by atoms with Crippen molar-refractivity contribution in [2.75, 3.05) is 6.07 Å². The van der Waals surface area contributed by atoms with Crippen LogP contribution in [0.4, 0.5) is 32.6 Å². The fourth-order valence-corrected chi connectivity index (χ4v) is 2.74. The van der Waals surface area contributed by atoms with Crippen molar-refractivity contribution >= 4 is 33.9 Å². The van der Waals surface area contributed by atoms with E-state index in [0.29, 0.717) is 12.1 Å². The number of alkyl halides is 4. The zero-order chi connectivity index (χ0) is 19.3. The lowest BCUT2D eigenvalue weighted by Crippen LogP contribution is -2.40. The van der Waals surface area contributed by atoms with Crippen molar-refractivity contribution in [3.63, 3.8) is 0 Å². The SMILES string of the molecule is O=C(OCCl)C1=Cc2cc(S(F)(F)(F)(F)F)ccc2OC1C(F)(F)F. The standard InChI is InChI=1S/C12H7ClF8O3S/c13-5-23-11(22)8-4-6-3-7(25(17,18,19,20)21)1-2-9(6)24-10(8)12(14,15)16/h1-4,10H,5H2. The molecule has 1 aromatic carbocycles. The topological polar surface area (TPSA) is 35.5 Å². The third-order valence-electron chi connectivity index (χ3n) is 2.98. The summed E-state index contributed by atoms with van der Waals surface area (Å²) in [7, 11) is -10.1. The van der Waals surface area contributed by atoms with Crippen LogP contribution in [-0.2, 0) is 9.53 Å². The highest BCUT2D eigenvalue weighted by molar-refractivity contribution is 8.45. The molecule has 0 saturated carbocycles. The van der Waals surface area contributed by atoms with Gasteiger partial charge in [-0.3, -0.25) is 0 Å². The van der Waals surface area contributed by atoms with E-state index in [1.807, 2.05) is 0 Å². The smallest absolute Gasteiger partial charge is 0.430 e. The van der Waals surface area contributed by atoms with Gasteiger partial charge in [0.2, 0.25) is 6.10 Å². The van der Waals surface area contributed by atoms with Crippen LogP contribution in [0.15, 0.2) is 28.7 Å². The summed E-state index contributed by atoms with van der Waals surface area (Å²) in [5, 5.41) is 0. The minimum Gasteiger partial charge on any atom is -0.475 e. The Balaban J connectivity index is 2.61. The number of hydrogen-bond donors (Lipinski definition) is 0. The fourth-order valence-electron chi connectivity index (χ4n) is 1.96. The molecule has 0 spiro atoms. The first-order chi connectivity index (χ1) is 11.0. The molecule has 0 aliphatic carbocycles. The maximum atomic E-state index is 13.0.